The van der Waals surface area contributed by atoms with Gasteiger partial charge in [0.1, 0.15) is 0 Å². The van der Waals surface area contributed by atoms with Crippen molar-refractivity contribution in [2.75, 3.05) is 5.32 Å². The third kappa shape index (κ3) is 3.24. The van der Waals surface area contributed by atoms with Crippen LogP contribution in [0.15, 0.2) is 12.4 Å². The van der Waals surface area contributed by atoms with Gasteiger partial charge in [0.25, 0.3) is 0 Å². The monoisotopic (exact) mass is 235 g/mol. The molecule has 0 atom stereocenters. The average molecular weight is 235 g/mol. The predicted molar refractivity (Wildman–Crippen MR) is 72.2 cm³/mol. The number of aryl methyl sites for hydroxylation is 1. The van der Waals surface area contributed by atoms with E-state index in [9.17, 15) is 0 Å². The van der Waals surface area contributed by atoms with Crippen molar-refractivity contribution in [3.05, 3.63) is 12.4 Å². The standard InChI is InChI=1S/C14H25N3/c1-4-10-17-11-9-15-13(17)16-12-5-7-14(2,3)8-6-12/h9,11-12H,4-8,10H2,1-3H3,(H,15,16). The van der Waals surface area contributed by atoms with E-state index in [1.54, 1.807) is 0 Å². The van der Waals surface area contributed by atoms with Gasteiger partial charge in [-0.3, -0.25) is 0 Å². The molecule has 2 rings (SSSR count). The van der Waals surface area contributed by atoms with Crippen LogP contribution in [0.3, 0.4) is 0 Å². The van der Waals surface area contributed by atoms with Gasteiger partial charge in [0.15, 0.2) is 0 Å². The van der Waals surface area contributed by atoms with Gasteiger partial charge in [-0.15, -0.1) is 0 Å². The average Bonchev–Trinajstić information content (AvgIpc) is 2.70. The van der Waals surface area contributed by atoms with Gasteiger partial charge in [0.05, 0.1) is 0 Å². The SMILES string of the molecule is CCCn1ccnc1NC1CCC(C)(C)CC1. The molecule has 1 fully saturated rings. The summed E-state index contributed by atoms with van der Waals surface area (Å²) in [5.41, 5.74) is 0.539. The Bertz CT molecular complexity index is 344. The summed E-state index contributed by atoms with van der Waals surface area (Å²) in [5, 5.41) is 3.60. The largest absolute Gasteiger partial charge is 0.353 e. The first-order valence-electron chi connectivity index (χ1n) is 6.88. The van der Waals surface area contributed by atoms with Gasteiger partial charge in [0.2, 0.25) is 5.95 Å². The second-order valence-electron chi connectivity index (χ2n) is 6.03. The number of nitrogens with one attached hydrogen (secondary N) is 1. The zero-order valence-corrected chi connectivity index (χ0v) is 11.4. The highest BCUT2D eigenvalue weighted by atomic mass is 15.2. The minimum absolute atomic E-state index is 0.539. The zero-order valence-electron chi connectivity index (χ0n) is 11.4. The zero-order chi connectivity index (χ0) is 12.3. The van der Waals surface area contributed by atoms with Crippen LogP contribution >= 0.6 is 0 Å². The molecule has 0 amide bonds. The van der Waals surface area contributed by atoms with E-state index in [2.05, 4.69) is 41.8 Å². The van der Waals surface area contributed by atoms with Gasteiger partial charge in [-0.2, -0.15) is 0 Å². The normalized spacial score (nSPS) is 20.4. The maximum absolute atomic E-state index is 4.42. The van der Waals surface area contributed by atoms with Gasteiger partial charge in [0, 0.05) is 25.0 Å². The Morgan fingerprint density at radius 1 is 1.41 bits per heavy atom. The van der Waals surface area contributed by atoms with Crippen LogP contribution in [0.4, 0.5) is 5.95 Å². The summed E-state index contributed by atoms with van der Waals surface area (Å²) in [7, 11) is 0. The fourth-order valence-electron chi connectivity index (χ4n) is 2.60. The molecule has 1 heterocycles. The molecule has 1 aromatic rings. The van der Waals surface area contributed by atoms with Gasteiger partial charge >= 0.3 is 0 Å². The Balaban J connectivity index is 1.91. The molecule has 0 bridgehead atoms. The van der Waals surface area contributed by atoms with Crippen molar-refractivity contribution < 1.29 is 0 Å². The number of anilines is 1. The lowest BCUT2D eigenvalue weighted by Crippen LogP contribution is -2.30. The molecular formula is C14H25N3. The van der Waals surface area contributed by atoms with Crippen LogP contribution < -0.4 is 5.32 Å². The Morgan fingerprint density at radius 2 is 2.12 bits per heavy atom. The molecule has 17 heavy (non-hydrogen) atoms. The topological polar surface area (TPSA) is 29.9 Å². The second kappa shape index (κ2) is 5.11. The van der Waals surface area contributed by atoms with E-state index in [0.29, 0.717) is 11.5 Å². The third-order valence-electron chi connectivity index (χ3n) is 3.85. The lowest BCUT2D eigenvalue weighted by molar-refractivity contribution is 0.232. The van der Waals surface area contributed by atoms with Gasteiger partial charge in [-0.05, 0) is 37.5 Å². The second-order valence-corrected chi connectivity index (χ2v) is 6.03. The molecule has 3 nitrogen and oxygen atoms in total. The predicted octanol–water partition coefficient (Wildman–Crippen LogP) is 3.67. The van der Waals surface area contributed by atoms with Crippen LogP contribution in [0.2, 0.25) is 0 Å². The van der Waals surface area contributed by atoms with Gasteiger partial charge in [-0.25, -0.2) is 4.98 Å². The molecular weight excluding hydrogens is 210 g/mol. The van der Waals surface area contributed by atoms with Crippen LogP contribution in [0.1, 0.15) is 52.9 Å². The highest BCUT2D eigenvalue weighted by Crippen LogP contribution is 2.35. The van der Waals surface area contributed by atoms with Gasteiger partial charge in [-0.1, -0.05) is 20.8 Å². The maximum Gasteiger partial charge on any atom is 0.202 e. The summed E-state index contributed by atoms with van der Waals surface area (Å²) in [6.45, 7) is 8.01. The summed E-state index contributed by atoms with van der Waals surface area (Å²) >= 11 is 0. The molecule has 0 aliphatic heterocycles. The van der Waals surface area contributed by atoms with Crippen molar-refractivity contribution in [1.29, 1.82) is 0 Å². The summed E-state index contributed by atoms with van der Waals surface area (Å²) in [5.74, 6) is 1.05. The lowest BCUT2D eigenvalue weighted by Gasteiger charge is -2.34. The Kier molecular flexibility index (Phi) is 3.75. The fraction of sp³-hybridized carbons (Fsp3) is 0.786. The third-order valence-corrected chi connectivity index (χ3v) is 3.85. The quantitative estimate of drug-likeness (QED) is 0.863. The maximum atomic E-state index is 4.42. The van der Waals surface area contributed by atoms with Crippen LogP contribution in [0.25, 0.3) is 0 Å². The number of aromatic nitrogens is 2. The molecule has 1 N–H and O–H groups in total. The summed E-state index contributed by atoms with van der Waals surface area (Å²) in [6, 6.07) is 0.612. The van der Waals surface area contributed by atoms with E-state index < -0.39 is 0 Å². The molecule has 1 saturated carbocycles. The smallest absolute Gasteiger partial charge is 0.202 e. The molecule has 0 radical (unpaired) electrons. The van der Waals surface area contributed by atoms with Crippen molar-refractivity contribution in [3.8, 4) is 0 Å². The molecule has 1 aromatic heterocycles. The van der Waals surface area contributed by atoms with Crippen molar-refractivity contribution in [2.45, 2.75) is 65.5 Å². The summed E-state index contributed by atoms with van der Waals surface area (Å²) in [6.07, 6.45) is 10.3. The van der Waals surface area contributed by atoms with Crippen molar-refractivity contribution in [2.24, 2.45) is 5.41 Å². The molecule has 0 saturated heterocycles. The van der Waals surface area contributed by atoms with Crippen molar-refractivity contribution in [1.82, 2.24) is 9.55 Å². The molecule has 1 aliphatic carbocycles. The highest BCUT2D eigenvalue weighted by Gasteiger charge is 2.27. The van der Waals surface area contributed by atoms with Crippen molar-refractivity contribution >= 4 is 5.95 Å². The highest BCUT2D eigenvalue weighted by molar-refractivity contribution is 5.27. The van der Waals surface area contributed by atoms with E-state index in [1.165, 1.54) is 25.7 Å². The van der Waals surface area contributed by atoms with E-state index in [1.807, 2.05) is 6.20 Å². The van der Waals surface area contributed by atoms with Crippen LogP contribution in [0.5, 0.6) is 0 Å². The molecule has 0 spiro atoms. The fourth-order valence-corrected chi connectivity index (χ4v) is 2.60. The Labute approximate surface area is 105 Å². The van der Waals surface area contributed by atoms with E-state index >= 15 is 0 Å². The van der Waals surface area contributed by atoms with E-state index in [4.69, 9.17) is 0 Å². The Hall–Kier alpha value is -0.990. The number of rotatable bonds is 4. The number of nitrogens with zero attached hydrogens (tertiary/aromatic N) is 2. The molecule has 0 aromatic carbocycles. The van der Waals surface area contributed by atoms with Gasteiger partial charge < -0.3 is 9.88 Å². The summed E-state index contributed by atoms with van der Waals surface area (Å²) in [4.78, 5) is 4.42. The first kappa shape index (κ1) is 12.5. The minimum Gasteiger partial charge on any atom is -0.353 e. The van der Waals surface area contributed by atoms with E-state index in [0.717, 1.165) is 18.9 Å². The molecule has 1 aliphatic rings. The number of imidazole rings is 1. The first-order chi connectivity index (χ1) is 8.11. The molecule has 96 valence electrons. The van der Waals surface area contributed by atoms with Crippen molar-refractivity contribution in [3.63, 3.8) is 0 Å². The minimum atomic E-state index is 0.539. The van der Waals surface area contributed by atoms with Crippen LogP contribution in [0, 0.1) is 5.41 Å². The molecule has 3 heteroatoms. The lowest BCUT2D eigenvalue weighted by atomic mass is 9.76. The Morgan fingerprint density at radius 3 is 2.76 bits per heavy atom. The molecule has 0 unspecified atom stereocenters. The number of hydrogen-bond acceptors (Lipinski definition) is 2. The number of hydrogen-bond donors (Lipinski definition) is 1. The van der Waals surface area contributed by atoms with Crippen LogP contribution in [-0.2, 0) is 6.54 Å². The first-order valence-corrected chi connectivity index (χ1v) is 6.88. The van der Waals surface area contributed by atoms with E-state index in [-0.39, 0.29) is 0 Å². The summed E-state index contributed by atoms with van der Waals surface area (Å²) < 4.78 is 2.22. The van der Waals surface area contributed by atoms with Crippen LogP contribution in [-0.4, -0.2) is 15.6 Å².